The van der Waals surface area contributed by atoms with Crippen molar-refractivity contribution in [3.63, 3.8) is 0 Å². The summed E-state index contributed by atoms with van der Waals surface area (Å²) in [5, 5.41) is 5.40. The zero-order valence-corrected chi connectivity index (χ0v) is 14.2. The molecule has 0 aromatic heterocycles. The summed E-state index contributed by atoms with van der Waals surface area (Å²) in [6.45, 7) is 2.93. The van der Waals surface area contributed by atoms with E-state index < -0.39 is 30.8 Å². The maximum absolute atomic E-state index is 13.3. The van der Waals surface area contributed by atoms with Gasteiger partial charge in [0.15, 0.2) is 0 Å². The molecule has 2 atom stereocenters. The Morgan fingerprint density at radius 3 is 2.52 bits per heavy atom. The van der Waals surface area contributed by atoms with Gasteiger partial charge in [-0.25, -0.2) is 0 Å². The standard InChI is InChI=1S/C17H24F3N3O2/c1-13(25-12-14-5-3-2-4-6-14)16(24)22-11-15(17(18,19)20)23-9-7-21-8-10-23/h2-6,13,15,21H,7-12H2,1H3,(H,22,24). The molecule has 2 rings (SSSR count). The third-order valence-electron chi connectivity index (χ3n) is 4.15. The number of ether oxygens (including phenoxy) is 1. The molecule has 2 unspecified atom stereocenters. The van der Waals surface area contributed by atoms with Crippen LogP contribution in [0.4, 0.5) is 13.2 Å². The first-order valence-corrected chi connectivity index (χ1v) is 8.32. The number of alkyl halides is 3. The van der Waals surface area contributed by atoms with Gasteiger partial charge in [0.2, 0.25) is 5.91 Å². The summed E-state index contributed by atoms with van der Waals surface area (Å²) < 4.78 is 45.3. The summed E-state index contributed by atoms with van der Waals surface area (Å²) in [4.78, 5) is 13.4. The van der Waals surface area contributed by atoms with E-state index in [4.69, 9.17) is 4.74 Å². The Kier molecular flexibility index (Phi) is 7.22. The van der Waals surface area contributed by atoms with Crippen LogP contribution in [0.15, 0.2) is 30.3 Å². The maximum atomic E-state index is 13.3. The number of hydrogen-bond donors (Lipinski definition) is 2. The van der Waals surface area contributed by atoms with E-state index in [0.717, 1.165) is 5.56 Å². The number of piperazine rings is 1. The van der Waals surface area contributed by atoms with Crippen molar-refractivity contribution in [1.29, 1.82) is 0 Å². The molecule has 0 aliphatic carbocycles. The molecule has 1 fully saturated rings. The van der Waals surface area contributed by atoms with Gasteiger partial charge in [0, 0.05) is 32.7 Å². The van der Waals surface area contributed by atoms with Crippen LogP contribution in [0.25, 0.3) is 0 Å². The number of benzene rings is 1. The normalized spacial score (nSPS) is 18.6. The Hall–Kier alpha value is -1.64. The fraction of sp³-hybridized carbons (Fsp3) is 0.588. The van der Waals surface area contributed by atoms with E-state index in [1.54, 1.807) is 0 Å². The van der Waals surface area contributed by atoms with Crippen LogP contribution < -0.4 is 10.6 Å². The zero-order valence-electron chi connectivity index (χ0n) is 14.2. The van der Waals surface area contributed by atoms with Crippen LogP contribution in [0.1, 0.15) is 12.5 Å². The van der Waals surface area contributed by atoms with E-state index in [1.165, 1.54) is 11.8 Å². The summed E-state index contributed by atoms with van der Waals surface area (Å²) in [5.41, 5.74) is 0.899. The topological polar surface area (TPSA) is 53.6 Å². The monoisotopic (exact) mass is 359 g/mol. The molecule has 1 heterocycles. The summed E-state index contributed by atoms with van der Waals surface area (Å²) >= 11 is 0. The SMILES string of the molecule is CC(OCc1ccccc1)C(=O)NCC(N1CCNCC1)C(F)(F)F. The van der Waals surface area contributed by atoms with Gasteiger partial charge >= 0.3 is 6.18 Å². The average Bonchev–Trinajstić information content (AvgIpc) is 2.60. The molecule has 0 spiro atoms. The van der Waals surface area contributed by atoms with E-state index in [0.29, 0.717) is 26.2 Å². The van der Waals surface area contributed by atoms with Crippen LogP contribution in [0.3, 0.4) is 0 Å². The minimum Gasteiger partial charge on any atom is -0.364 e. The Labute approximate surface area is 145 Å². The average molecular weight is 359 g/mol. The molecule has 5 nitrogen and oxygen atoms in total. The van der Waals surface area contributed by atoms with Gasteiger partial charge in [-0.05, 0) is 12.5 Å². The summed E-state index contributed by atoms with van der Waals surface area (Å²) in [7, 11) is 0. The number of nitrogens with zero attached hydrogens (tertiary/aromatic N) is 1. The number of hydrogen-bond acceptors (Lipinski definition) is 4. The highest BCUT2D eigenvalue weighted by Gasteiger charge is 2.43. The lowest BCUT2D eigenvalue weighted by Crippen LogP contribution is -2.58. The highest BCUT2D eigenvalue weighted by Crippen LogP contribution is 2.24. The van der Waals surface area contributed by atoms with E-state index in [1.807, 2.05) is 30.3 Å². The summed E-state index contributed by atoms with van der Waals surface area (Å²) in [6, 6.07) is 7.60. The van der Waals surface area contributed by atoms with Gasteiger partial charge in [-0.1, -0.05) is 30.3 Å². The highest BCUT2D eigenvalue weighted by atomic mass is 19.4. The molecule has 1 aliphatic rings. The van der Waals surface area contributed by atoms with Crippen molar-refractivity contribution in [2.45, 2.75) is 31.9 Å². The smallest absolute Gasteiger partial charge is 0.364 e. The lowest BCUT2D eigenvalue weighted by atomic mass is 10.2. The third-order valence-corrected chi connectivity index (χ3v) is 4.15. The van der Waals surface area contributed by atoms with Crippen molar-refractivity contribution in [3.8, 4) is 0 Å². The first-order chi connectivity index (χ1) is 11.9. The molecule has 0 bridgehead atoms. The Bertz CT molecular complexity index is 534. The fourth-order valence-electron chi connectivity index (χ4n) is 2.66. The van der Waals surface area contributed by atoms with Crippen LogP contribution in [0.2, 0.25) is 0 Å². The molecule has 2 N–H and O–H groups in total. The number of nitrogens with one attached hydrogen (secondary N) is 2. The van der Waals surface area contributed by atoms with Crippen LogP contribution in [-0.4, -0.2) is 61.9 Å². The van der Waals surface area contributed by atoms with E-state index in [9.17, 15) is 18.0 Å². The van der Waals surface area contributed by atoms with Crippen molar-refractivity contribution in [1.82, 2.24) is 15.5 Å². The first-order valence-electron chi connectivity index (χ1n) is 8.32. The van der Waals surface area contributed by atoms with Gasteiger partial charge in [-0.15, -0.1) is 0 Å². The maximum Gasteiger partial charge on any atom is 0.405 e. The Morgan fingerprint density at radius 1 is 1.28 bits per heavy atom. The van der Waals surface area contributed by atoms with Crippen LogP contribution in [0, 0.1) is 0 Å². The molecule has 1 amide bonds. The van der Waals surface area contributed by atoms with Gasteiger partial charge in [-0.3, -0.25) is 9.69 Å². The van der Waals surface area contributed by atoms with E-state index in [-0.39, 0.29) is 6.61 Å². The molecule has 0 radical (unpaired) electrons. The van der Waals surface area contributed by atoms with Gasteiger partial charge in [0.1, 0.15) is 12.1 Å². The van der Waals surface area contributed by atoms with Crippen LogP contribution in [0.5, 0.6) is 0 Å². The predicted molar refractivity (Wildman–Crippen MR) is 88.0 cm³/mol. The van der Waals surface area contributed by atoms with Crippen molar-refractivity contribution >= 4 is 5.91 Å². The van der Waals surface area contributed by atoms with Gasteiger partial charge in [0.05, 0.1) is 6.61 Å². The molecule has 140 valence electrons. The number of carbonyl (C=O) groups excluding carboxylic acids is 1. The molecular formula is C17H24F3N3O2. The molecular weight excluding hydrogens is 335 g/mol. The molecule has 25 heavy (non-hydrogen) atoms. The second kappa shape index (κ2) is 9.17. The van der Waals surface area contributed by atoms with Gasteiger partial charge in [0.25, 0.3) is 0 Å². The second-order valence-corrected chi connectivity index (χ2v) is 6.03. The molecule has 1 aromatic carbocycles. The quantitative estimate of drug-likeness (QED) is 0.776. The molecule has 1 aliphatic heterocycles. The van der Waals surface area contributed by atoms with Crippen LogP contribution >= 0.6 is 0 Å². The molecule has 1 saturated heterocycles. The first kappa shape index (κ1) is 19.7. The van der Waals surface area contributed by atoms with Gasteiger partial charge < -0.3 is 15.4 Å². The largest absolute Gasteiger partial charge is 0.405 e. The van der Waals surface area contributed by atoms with E-state index >= 15 is 0 Å². The van der Waals surface area contributed by atoms with Crippen molar-refractivity contribution in [3.05, 3.63) is 35.9 Å². The predicted octanol–water partition coefficient (Wildman–Crippen LogP) is 1.54. The second-order valence-electron chi connectivity index (χ2n) is 6.03. The number of halogens is 3. The van der Waals surface area contributed by atoms with Crippen molar-refractivity contribution in [2.24, 2.45) is 0 Å². The zero-order chi connectivity index (χ0) is 18.3. The highest BCUT2D eigenvalue weighted by molar-refractivity contribution is 5.80. The molecule has 1 aromatic rings. The Morgan fingerprint density at radius 2 is 1.92 bits per heavy atom. The van der Waals surface area contributed by atoms with Crippen LogP contribution in [-0.2, 0) is 16.1 Å². The Balaban J connectivity index is 1.82. The van der Waals surface area contributed by atoms with Gasteiger partial charge in [-0.2, -0.15) is 13.2 Å². The lowest BCUT2D eigenvalue weighted by Gasteiger charge is -2.36. The molecule has 0 saturated carbocycles. The third kappa shape index (κ3) is 6.30. The fourth-order valence-corrected chi connectivity index (χ4v) is 2.66. The minimum atomic E-state index is -4.39. The van der Waals surface area contributed by atoms with Crippen molar-refractivity contribution < 1.29 is 22.7 Å². The number of carbonyl (C=O) groups is 1. The molecule has 8 heteroatoms. The van der Waals surface area contributed by atoms with E-state index in [2.05, 4.69) is 10.6 Å². The lowest BCUT2D eigenvalue weighted by molar-refractivity contribution is -0.184. The number of amides is 1. The minimum absolute atomic E-state index is 0.232. The number of rotatable bonds is 7. The summed E-state index contributed by atoms with van der Waals surface area (Å²) in [6.07, 6.45) is -5.21. The summed E-state index contributed by atoms with van der Waals surface area (Å²) in [5.74, 6) is -0.541. The van der Waals surface area contributed by atoms with Crippen molar-refractivity contribution in [2.75, 3.05) is 32.7 Å².